The summed E-state index contributed by atoms with van der Waals surface area (Å²) in [5, 5.41) is 21.9. The third-order valence-corrected chi connectivity index (χ3v) is 17.3. The molecule has 2 aromatic heterocycles. The lowest BCUT2D eigenvalue weighted by atomic mass is 9.85. The lowest BCUT2D eigenvalue weighted by molar-refractivity contribution is -0.145. The molecule has 8 rings (SSSR count). The minimum absolute atomic E-state index is 0.0513. The van der Waals surface area contributed by atoms with Gasteiger partial charge < -0.3 is 41.2 Å². The van der Waals surface area contributed by atoms with Crippen LogP contribution in [-0.4, -0.2) is 129 Å². The number of ketones is 1. The summed E-state index contributed by atoms with van der Waals surface area (Å²) in [6.45, 7) is 12.3. The second kappa shape index (κ2) is 26.5. The first-order valence-corrected chi connectivity index (χ1v) is 29.6. The minimum atomic E-state index is -5.00. The first-order valence-electron chi connectivity index (χ1n) is 28.7. The summed E-state index contributed by atoms with van der Waals surface area (Å²) in [5.41, 5.74) is -0.876. The van der Waals surface area contributed by atoms with Gasteiger partial charge in [0.05, 0.1) is 57.1 Å². The van der Waals surface area contributed by atoms with E-state index in [4.69, 9.17) is 0 Å². The van der Waals surface area contributed by atoms with Crippen molar-refractivity contribution in [1.29, 1.82) is 0 Å². The highest BCUT2D eigenvalue weighted by Crippen LogP contribution is 2.41. The monoisotopic (exact) mass is 1200 g/mol. The number of aryl methyl sites for hydroxylation is 1. The molecule has 6 atom stereocenters. The number of β-amino-alcohol motifs (C(OH)–C–C–N with tert-alkyl or cyclic N) is 1. The standard InChI is InChI=1S/C62H74F5N9O8S/c1-35-31-75(32-36(2)74(35)7)49-21-19-40(26-48(49)72-56(81)44-30-69-52(79)28-45(44)62(65,66)67)43-20-18-41(25-46(43)63)51(78)13-11-9-8-10-12-24-68-53(80)29-47(38-14-16-39(17-15-38)54-37(3)70-34-85-54)71-57(82)50-27-42(77)33-76(50)58(83)55(60(4,5)6)73-59(84)61(64)22-23-61/h14-21,25-26,28,30,34-36,42,47,50,55,77H,8-13,22-24,27,29,31-33H2,1-7H3,(H,68,80)(H,69,79)(H,71,82)(H,72,81)(H,73,84)/t35-,36+,42-,47+,50+,55-/m1/s1. The molecule has 0 radical (unpaired) electrons. The van der Waals surface area contributed by atoms with Gasteiger partial charge in [0.2, 0.25) is 23.3 Å². The van der Waals surface area contributed by atoms with Crippen molar-refractivity contribution in [2.75, 3.05) is 43.4 Å². The van der Waals surface area contributed by atoms with Crippen LogP contribution in [0.15, 0.2) is 83.2 Å². The number of halogens is 5. The van der Waals surface area contributed by atoms with E-state index in [1.807, 2.05) is 57.0 Å². The van der Waals surface area contributed by atoms with Gasteiger partial charge in [-0.15, -0.1) is 11.3 Å². The van der Waals surface area contributed by atoms with E-state index in [0.717, 1.165) is 35.0 Å². The normalized spacial score (nSPS) is 19.4. The summed E-state index contributed by atoms with van der Waals surface area (Å²) in [6.07, 6.45) is -2.10. The van der Waals surface area contributed by atoms with Gasteiger partial charge in [-0.25, -0.2) is 13.8 Å². The highest BCUT2D eigenvalue weighted by atomic mass is 32.1. The number of nitrogens with one attached hydrogen (secondary N) is 5. The molecule has 0 spiro atoms. The molecule has 2 saturated heterocycles. The van der Waals surface area contributed by atoms with Crippen LogP contribution in [0, 0.1) is 18.2 Å². The quantitative estimate of drug-likeness (QED) is 0.0217. The van der Waals surface area contributed by atoms with Gasteiger partial charge in [0.25, 0.3) is 11.8 Å². The molecule has 5 amide bonds. The Morgan fingerprint density at radius 2 is 1.54 bits per heavy atom. The second-order valence-corrected chi connectivity index (χ2v) is 24.7. The van der Waals surface area contributed by atoms with Crippen molar-refractivity contribution < 1.29 is 55.8 Å². The Labute approximate surface area is 494 Å². The van der Waals surface area contributed by atoms with Crippen LogP contribution in [0.3, 0.4) is 0 Å². The highest BCUT2D eigenvalue weighted by Gasteiger charge is 2.53. The van der Waals surface area contributed by atoms with E-state index < -0.39 is 87.6 Å². The number of hydrogen-bond donors (Lipinski definition) is 6. The number of alkyl halides is 4. The molecule has 2 aliphatic heterocycles. The SMILES string of the molecule is Cc1ncsc1-c1ccc([C@H](CC(=O)NCCCCCCCC(=O)c2ccc(-c3ccc(N4C[C@@H](C)N(C)[C@@H](C)C4)c(NC(=O)c4c[nH]c(=O)cc4C(F)(F)F)c3)c(F)c2)NC(=O)[C@@H]2C[C@@H](O)CN2C(=O)[C@@H](NC(=O)C2(F)CC2)C(C)(C)C)cc1. The van der Waals surface area contributed by atoms with Gasteiger partial charge in [-0.2, -0.15) is 13.2 Å². The second-order valence-electron chi connectivity index (χ2n) is 23.9. The largest absolute Gasteiger partial charge is 0.417 e. The number of rotatable bonds is 22. The molecule has 85 heavy (non-hydrogen) atoms. The molecular formula is C62H74F5N9O8S. The number of piperazine rings is 1. The number of carbonyl (C=O) groups excluding carboxylic acids is 6. The third-order valence-electron chi connectivity index (χ3n) is 16.3. The van der Waals surface area contributed by atoms with Gasteiger partial charge in [-0.05, 0) is 93.8 Å². The number of likely N-dealkylation sites (tertiary alicyclic amines) is 1. The summed E-state index contributed by atoms with van der Waals surface area (Å²) in [7, 11) is 1.99. The van der Waals surface area contributed by atoms with Crippen LogP contribution in [0.4, 0.5) is 33.3 Å². The lowest BCUT2D eigenvalue weighted by Gasteiger charge is -2.44. The first kappa shape index (κ1) is 63.6. The number of nitrogens with zero attached hydrogens (tertiary/aromatic N) is 4. The number of benzene rings is 3. The Balaban J connectivity index is 0.848. The Bertz CT molecular complexity index is 3330. The predicted octanol–water partition coefficient (Wildman–Crippen LogP) is 9.29. The fourth-order valence-electron chi connectivity index (χ4n) is 10.9. The zero-order valence-corrected chi connectivity index (χ0v) is 49.6. The van der Waals surface area contributed by atoms with Crippen molar-refractivity contribution in [2.24, 2.45) is 5.41 Å². The first-order chi connectivity index (χ1) is 40.1. The summed E-state index contributed by atoms with van der Waals surface area (Å²) in [5.74, 6) is -4.61. The van der Waals surface area contributed by atoms with Crippen molar-refractivity contribution in [2.45, 2.75) is 154 Å². The van der Waals surface area contributed by atoms with E-state index in [2.05, 4.69) is 36.1 Å². The highest BCUT2D eigenvalue weighted by molar-refractivity contribution is 7.13. The Kier molecular flexibility index (Phi) is 19.8. The number of Topliss-reactive ketones (excluding diaryl/α,β-unsaturated/α-hetero) is 1. The Morgan fingerprint density at radius 1 is 0.871 bits per heavy atom. The minimum Gasteiger partial charge on any atom is -0.391 e. The average Bonchev–Trinajstić information content (AvgIpc) is 2.21. The number of H-pyrrole nitrogens is 1. The van der Waals surface area contributed by atoms with E-state index in [1.165, 1.54) is 34.4 Å². The average molecular weight is 1200 g/mol. The summed E-state index contributed by atoms with van der Waals surface area (Å²) in [4.78, 5) is 106. The zero-order chi connectivity index (χ0) is 61.7. The third kappa shape index (κ3) is 15.6. The van der Waals surface area contributed by atoms with Gasteiger partial charge >= 0.3 is 6.18 Å². The van der Waals surface area contributed by atoms with Crippen molar-refractivity contribution in [3.8, 4) is 21.6 Å². The molecule has 1 saturated carbocycles. The molecule has 3 fully saturated rings. The molecule has 0 unspecified atom stereocenters. The van der Waals surface area contributed by atoms with Gasteiger partial charge in [-0.1, -0.05) is 82.5 Å². The fraction of sp³-hybridized carbons (Fsp3) is 0.484. The van der Waals surface area contributed by atoms with Gasteiger partial charge in [-0.3, -0.25) is 38.5 Å². The number of likely N-dealkylation sites (N-methyl/N-ethyl adjacent to an activating group) is 1. The molecule has 0 bridgehead atoms. The van der Waals surface area contributed by atoms with Crippen molar-refractivity contribution in [3.05, 3.63) is 123 Å². The van der Waals surface area contributed by atoms with Crippen LogP contribution in [0.25, 0.3) is 21.6 Å². The summed E-state index contributed by atoms with van der Waals surface area (Å²) < 4.78 is 72.8. The number of amides is 5. The van der Waals surface area contributed by atoms with E-state index in [1.54, 1.807) is 38.4 Å². The smallest absolute Gasteiger partial charge is 0.391 e. The summed E-state index contributed by atoms with van der Waals surface area (Å²) in [6, 6.07) is 13.5. The molecule has 17 nitrogen and oxygen atoms in total. The van der Waals surface area contributed by atoms with Crippen LogP contribution >= 0.6 is 11.3 Å². The molecular weight excluding hydrogens is 1130 g/mol. The number of aliphatic hydroxyl groups is 1. The number of hydrogen-bond acceptors (Lipinski definition) is 12. The maximum atomic E-state index is 16.0. The van der Waals surface area contributed by atoms with E-state index in [0.29, 0.717) is 68.0 Å². The molecule has 3 aliphatic rings. The zero-order valence-electron chi connectivity index (χ0n) is 48.8. The molecule has 456 valence electrons. The van der Waals surface area contributed by atoms with Gasteiger partial charge in [0.1, 0.15) is 17.9 Å². The molecule has 5 aromatic rings. The number of unbranched alkanes of at least 4 members (excludes halogenated alkanes) is 4. The van der Waals surface area contributed by atoms with E-state index in [9.17, 15) is 56.2 Å². The lowest BCUT2D eigenvalue weighted by Crippen LogP contribution is -2.59. The Morgan fingerprint density at radius 3 is 2.18 bits per heavy atom. The number of aromatic nitrogens is 2. The topological polar surface area (TPSA) is 226 Å². The maximum absolute atomic E-state index is 16.0. The number of aromatic amines is 1. The van der Waals surface area contributed by atoms with Crippen molar-refractivity contribution in [3.63, 3.8) is 0 Å². The molecule has 4 heterocycles. The van der Waals surface area contributed by atoms with Crippen LogP contribution in [0.5, 0.6) is 0 Å². The van der Waals surface area contributed by atoms with Crippen LogP contribution in [0.1, 0.15) is 142 Å². The maximum Gasteiger partial charge on any atom is 0.417 e. The Hall–Kier alpha value is -7.37. The molecule has 3 aromatic carbocycles. The summed E-state index contributed by atoms with van der Waals surface area (Å²) >= 11 is 1.48. The van der Waals surface area contributed by atoms with Crippen LogP contribution in [0.2, 0.25) is 0 Å². The van der Waals surface area contributed by atoms with Crippen molar-refractivity contribution in [1.82, 2.24) is 35.7 Å². The van der Waals surface area contributed by atoms with Crippen LogP contribution < -0.4 is 31.7 Å². The fourth-order valence-corrected chi connectivity index (χ4v) is 11.8. The van der Waals surface area contributed by atoms with Gasteiger partial charge in [0, 0.05) is 74.5 Å². The number of thiazole rings is 1. The van der Waals surface area contributed by atoms with Crippen LogP contribution in [-0.2, 0) is 25.4 Å². The number of carbonyl (C=O) groups is 6. The molecule has 23 heteroatoms. The number of pyridine rings is 1. The number of anilines is 2. The van der Waals surface area contributed by atoms with E-state index in [-0.39, 0.29) is 79.2 Å². The van der Waals surface area contributed by atoms with Crippen molar-refractivity contribution >= 4 is 58.0 Å². The molecule has 1 aliphatic carbocycles. The van der Waals surface area contributed by atoms with Gasteiger partial charge in [0.15, 0.2) is 11.5 Å². The number of aliphatic hydroxyl groups excluding tert-OH is 1. The van der Waals surface area contributed by atoms with E-state index >= 15 is 4.39 Å². The molecule has 6 N–H and O–H groups in total. The predicted molar refractivity (Wildman–Crippen MR) is 314 cm³/mol.